The number of alkyl halides is 3. The normalized spacial score (nSPS) is 17.4. The van der Waals surface area contributed by atoms with Crippen LogP contribution in [0.1, 0.15) is 11.1 Å². The number of benzene rings is 1. The summed E-state index contributed by atoms with van der Waals surface area (Å²) in [5.41, 5.74) is 11.5. The Hall–Kier alpha value is -2.00. The Bertz CT molecular complexity index is 607. The Morgan fingerprint density at radius 3 is 2.16 bits per heavy atom. The molecular weight excluding hydrogens is 357 g/mol. The van der Waals surface area contributed by atoms with Crippen LogP contribution in [0, 0.1) is 0 Å². The predicted molar refractivity (Wildman–Crippen MR) is 94.7 cm³/mol. The van der Waals surface area contributed by atoms with Crippen LogP contribution in [0.3, 0.4) is 0 Å². The van der Waals surface area contributed by atoms with E-state index in [-0.39, 0.29) is 24.9 Å². The lowest BCUT2D eigenvalue weighted by atomic mass is 10.1. The van der Waals surface area contributed by atoms with Crippen LogP contribution in [0.4, 0.5) is 13.2 Å². The van der Waals surface area contributed by atoms with E-state index in [1.54, 1.807) is 0 Å². The van der Waals surface area contributed by atoms with Crippen LogP contribution in [0.5, 0.6) is 0 Å². The molecular formula is C15H22ClF3N6. The number of likely N-dealkylation sites (N-methyl/N-ethyl adjacent to an activating group) is 1. The highest BCUT2D eigenvalue weighted by molar-refractivity contribution is 5.93. The molecule has 0 saturated carbocycles. The van der Waals surface area contributed by atoms with Crippen LogP contribution in [-0.4, -0.2) is 54.9 Å². The van der Waals surface area contributed by atoms with Crippen LogP contribution in [-0.2, 0) is 12.7 Å². The molecule has 0 aromatic heterocycles. The van der Waals surface area contributed by atoms with E-state index in [1.807, 2.05) is 11.9 Å². The monoisotopic (exact) mass is 378 g/mol. The minimum absolute atomic E-state index is 0. The molecule has 1 aliphatic heterocycles. The average molecular weight is 379 g/mol. The first kappa shape index (κ1) is 21.0. The molecule has 1 fully saturated rings. The van der Waals surface area contributed by atoms with E-state index in [9.17, 15) is 13.2 Å². The van der Waals surface area contributed by atoms with Gasteiger partial charge in [0.2, 0.25) is 5.96 Å². The second-order valence-electron chi connectivity index (χ2n) is 5.63. The molecule has 0 unspecified atom stereocenters. The van der Waals surface area contributed by atoms with Crippen LogP contribution in [0.2, 0.25) is 0 Å². The highest BCUT2D eigenvalue weighted by Crippen LogP contribution is 2.29. The van der Waals surface area contributed by atoms with Crippen molar-refractivity contribution in [3.63, 3.8) is 0 Å². The molecule has 0 atom stereocenters. The van der Waals surface area contributed by atoms with Crippen molar-refractivity contribution in [1.82, 2.24) is 9.80 Å². The van der Waals surface area contributed by atoms with E-state index in [0.717, 1.165) is 38.3 Å². The summed E-state index contributed by atoms with van der Waals surface area (Å²) in [6.45, 7) is 3.44. The minimum Gasteiger partial charge on any atom is -0.369 e. The maximum atomic E-state index is 12.5. The molecule has 0 amide bonds. The number of guanidine groups is 2. The Morgan fingerprint density at radius 1 is 1.08 bits per heavy atom. The van der Waals surface area contributed by atoms with Gasteiger partial charge in [0.15, 0.2) is 5.96 Å². The number of hydrogen-bond donors (Lipinski definition) is 2. The fourth-order valence-corrected chi connectivity index (χ4v) is 2.23. The molecule has 0 bridgehead atoms. The minimum atomic E-state index is -4.35. The van der Waals surface area contributed by atoms with Crippen molar-refractivity contribution >= 4 is 24.3 Å². The lowest BCUT2D eigenvalue weighted by Crippen LogP contribution is -2.50. The summed E-state index contributed by atoms with van der Waals surface area (Å²) in [6, 6.07) is 4.77. The Kier molecular flexibility index (Phi) is 7.50. The molecule has 1 saturated heterocycles. The zero-order chi connectivity index (χ0) is 17.7. The third-order valence-corrected chi connectivity index (χ3v) is 3.76. The first-order chi connectivity index (χ1) is 11.3. The summed E-state index contributed by atoms with van der Waals surface area (Å²) in [5, 5.41) is 0. The summed E-state index contributed by atoms with van der Waals surface area (Å²) >= 11 is 0. The molecule has 0 aliphatic carbocycles. The molecule has 1 aromatic carbocycles. The lowest BCUT2D eigenvalue weighted by Gasteiger charge is -2.32. The summed E-state index contributed by atoms with van der Waals surface area (Å²) in [7, 11) is 2.03. The van der Waals surface area contributed by atoms with Gasteiger partial charge in [-0.05, 0) is 24.7 Å². The van der Waals surface area contributed by atoms with Crippen LogP contribution < -0.4 is 11.5 Å². The fraction of sp³-hybridized carbons (Fsp3) is 0.467. The summed E-state index contributed by atoms with van der Waals surface area (Å²) < 4.78 is 37.5. The molecule has 25 heavy (non-hydrogen) atoms. The average Bonchev–Trinajstić information content (AvgIpc) is 2.53. The largest absolute Gasteiger partial charge is 0.416 e. The van der Waals surface area contributed by atoms with Gasteiger partial charge in [-0.3, -0.25) is 0 Å². The van der Waals surface area contributed by atoms with Gasteiger partial charge in [-0.15, -0.1) is 12.4 Å². The summed E-state index contributed by atoms with van der Waals surface area (Å²) in [5.74, 6) is 0.308. The number of rotatable bonds is 2. The highest BCUT2D eigenvalue weighted by atomic mass is 35.5. The third kappa shape index (κ3) is 6.43. The van der Waals surface area contributed by atoms with Crippen molar-refractivity contribution in [2.24, 2.45) is 21.5 Å². The first-order valence-electron chi connectivity index (χ1n) is 7.49. The molecule has 4 N–H and O–H groups in total. The summed E-state index contributed by atoms with van der Waals surface area (Å²) in [4.78, 5) is 12.2. The van der Waals surface area contributed by atoms with Gasteiger partial charge in [0.05, 0.1) is 12.1 Å². The number of aliphatic imine (C=N–C) groups is 2. The number of nitrogens with two attached hydrogens (primary N) is 2. The van der Waals surface area contributed by atoms with Crippen molar-refractivity contribution in [3.05, 3.63) is 35.4 Å². The maximum Gasteiger partial charge on any atom is 0.416 e. The Morgan fingerprint density at radius 2 is 1.64 bits per heavy atom. The van der Waals surface area contributed by atoms with Gasteiger partial charge in [0.1, 0.15) is 0 Å². The molecule has 0 spiro atoms. The van der Waals surface area contributed by atoms with Gasteiger partial charge in [-0.2, -0.15) is 18.2 Å². The second-order valence-corrected chi connectivity index (χ2v) is 5.63. The molecule has 140 valence electrons. The zero-order valence-electron chi connectivity index (χ0n) is 13.8. The van der Waals surface area contributed by atoms with Gasteiger partial charge in [0.25, 0.3) is 0 Å². The first-order valence-corrected chi connectivity index (χ1v) is 7.49. The van der Waals surface area contributed by atoms with Crippen molar-refractivity contribution in [1.29, 1.82) is 0 Å². The third-order valence-electron chi connectivity index (χ3n) is 3.76. The van der Waals surface area contributed by atoms with Crippen LogP contribution in [0.25, 0.3) is 0 Å². The molecule has 0 radical (unpaired) electrons. The topological polar surface area (TPSA) is 83.2 Å². The number of hydrogen-bond acceptors (Lipinski definition) is 2. The Balaban J connectivity index is 0.00000312. The molecule has 1 aromatic rings. The summed E-state index contributed by atoms with van der Waals surface area (Å²) in [6.07, 6.45) is -4.35. The van der Waals surface area contributed by atoms with E-state index in [0.29, 0.717) is 11.5 Å². The second kappa shape index (κ2) is 8.91. The quantitative estimate of drug-likeness (QED) is 0.603. The predicted octanol–water partition coefficient (Wildman–Crippen LogP) is 1.50. The van der Waals surface area contributed by atoms with Gasteiger partial charge >= 0.3 is 6.18 Å². The van der Waals surface area contributed by atoms with Crippen molar-refractivity contribution in [2.75, 3.05) is 33.2 Å². The molecule has 1 aliphatic rings. The van der Waals surface area contributed by atoms with Gasteiger partial charge in [0, 0.05) is 26.2 Å². The van der Waals surface area contributed by atoms with E-state index < -0.39 is 11.7 Å². The fourth-order valence-electron chi connectivity index (χ4n) is 2.23. The van der Waals surface area contributed by atoms with Gasteiger partial charge < -0.3 is 21.3 Å². The number of nitrogens with zero attached hydrogens (tertiary/aromatic N) is 4. The van der Waals surface area contributed by atoms with Crippen molar-refractivity contribution < 1.29 is 13.2 Å². The SMILES string of the molecule is CN1CCN(C(N)=NC(N)=NCc2ccc(C(F)(F)F)cc2)CC1.Cl. The molecule has 6 nitrogen and oxygen atoms in total. The zero-order valence-corrected chi connectivity index (χ0v) is 14.6. The standard InChI is InChI=1S/C15H21F3N6.ClH/c1-23-6-8-24(9-7-23)14(20)22-13(19)21-10-11-2-4-12(5-3-11)15(16,17)18;/h2-5H,6-10H2,1H3,(H4,19,20,21,22);1H. The van der Waals surface area contributed by atoms with Crippen LogP contribution >= 0.6 is 12.4 Å². The van der Waals surface area contributed by atoms with Crippen molar-refractivity contribution in [2.45, 2.75) is 12.7 Å². The number of halogens is 4. The molecule has 2 rings (SSSR count). The lowest BCUT2D eigenvalue weighted by molar-refractivity contribution is -0.137. The highest BCUT2D eigenvalue weighted by Gasteiger charge is 2.29. The smallest absolute Gasteiger partial charge is 0.369 e. The van der Waals surface area contributed by atoms with Gasteiger partial charge in [-0.1, -0.05) is 12.1 Å². The maximum absolute atomic E-state index is 12.5. The molecule has 1 heterocycles. The van der Waals surface area contributed by atoms with Crippen molar-refractivity contribution in [3.8, 4) is 0 Å². The van der Waals surface area contributed by atoms with Gasteiger partial charge in [-0.25, -0.2) is 4.99 Å². The Labute approximate surface area is 150 Å². The molecule has 10 heteroatoms. The van der Waals surface area contributed by atoms with Crippen LogP contribution in [0.15, 0.2) is 34.3 Å². The van der Waals surface area contributed by atoms with E-state index in [1.165, 1.54) is 12.1 Å². The van der Waals surface area contributed by atoms with E-state index >= 15 is 0 Å². The van der Waals surface area contributed by atoms with E-state index in [4.69, 9.17) is 11.5 Å². The van der Waals surface area contributed by atoms with E-state index in [2.05, 4.69) is 14.9 Å². The number of piperazine rings is 1.